The van der Waals surface area contributed by atoms with Gasteiger partial charge in [0.1, 0.15) is 11.6 Å². The lowest BCUT2D eigenvalue weighted by atomic mass is 10.1. The second-order valence-corrected chi connectivity index (χ2v) is 7.51. The van der Waals surface area contributed by atoms with Crippen molar-refractivity contribution in [3.05, 3.63) is 53.2 Å². The van der Waals surface area contributed by atoms with E-state index in [4.69, 9.17) is 4.74 Å². The molecule has 2 N–H and O–H groups in total. The lowest BCUT2D eigenvalue weighted by molar-refractivity contribution is -0.153. The van der Waals surface area contributed by atoms with E-state index in [9.17, 15) is 13.2 Å². The third-order valence-corrected chi connectivity index (χ3v) is 4.98. The second kappa shape index (κ2) is 10.4. The van der Waals surface area contributed by atoms with Crippen molar-refractivity contribution in [1.82, 2.24) is 15.6 Å². The number of pyridine rings is 1. The van der Waals surface area contributed by atoms with Gasteiger partial charge in [-0.05, 0) is 43.0 Å². The molecule has 0 saturated carbocycles. The Labute approximate surface area is 180 Å². The number of anilines is 1. The van der Waals surface area contributed by atoms with E-state index in [2.05, 4.69) is 25.5 Å². The van der Waals surface area contributed by atoms with E-state index in [0.29, 0.717) is 18.1 Å². The van der Waals surface area contributed by atoms with Crippen LogP contribution in [0, 0.1) is 6.92 Å². The van der Waals surface area contributed by atoms with Gasteiger partial charge in [0.25, 0.3) is 0 Å². The van der Waals surface area contributed by atoms with Crippen molar-refractivity contribution in [3.63, 3.8) is 0 Å². The molecular formula is C22H28F3N5O. The lowest BCUT2D eigenvalue weighted by Crippen LogP contribution is -2.36. The Kier molecular flexibility index (Phi) is 7.59. The van der Waals surface area contributed by atoms with E-state index >= 15 is 0 Å². The molecule has 0 amide bonds. The van der Waals surface area contributed by atoms with Gasteiger partial charge in [-0.2, -0.15) is 13.2 Å². The Hall–Kier alpha value is -2.97. The number of hydrogen-bond donors (Lipinski definition) is 2. The molecule has 1 aromatic carbocycles. The largest absolute Gasteiger partial charge is 0.484 e. The molecule has 168 valence electrons. The van der Waals surface area contributed by atoms with Crippen LogP contribution >= 0.6 is 0 Å². The third-order valence-electron chi connectivity index (χ3n) is 4.98. The predicted octanol–water partition coefficient (Wildman–Crippen LogP) is 3.80. The smallest absolute Gasteiger partial charge is 0.422 e. The molecule has 0 spiro atoms. The fourth-order valence-corrected chi connectivity index (χ4v) is 3.34. The molecule has 0 aliphatic carbocycles. The van der Waals surface area contributed by atoms with Crippen molar-refractivity contribution in [2.75, 3.05) is 31.6 Å². The van der Waals surface area contributed by atoms with E-state index in [1.807, 2.05) is 24.4 Å². The molecule has 1 saturated heterocycles. The highest BCUT2D eigenvalue weighted by Gasteiger charge is 2.28. The number of aliphatic imine (C=N–C) groups is 1. The summed E-state index contributed by atoms with van der Waals surface area (Å²) in [6.07, 6.45) is -0.130. The van der Waals surface area contributed by atoms with Gasteiger partial charge in [0.2, 0.25) is 0 Å². The van der Waals surface area contributed by atoms with E-state index in [1.165, 1.54) is 12.8 Å². The van der Waals surface area contributed by atoms with Crippen LogP contribution in [0.2, 0.25) is 0 Å². The third kappa shape index (κ3) is 7.04. The Morgan fingerprint density at radius 1 is 1.13 bits per heavy atom. The molecule has 2 heterocycles. The van der Waals surface area contributed by atoms with Crippen LogP contribution in [0.25, 0.3) is 0 Å². The predicted molar refractivity (Wildman–Crippen MR) is 115 cm³/mol. The molecule has 0 unspecified atom stereocenters. The zero-order valence-electron chi connectivity index (χ0n) is 17.8. The van der Waals surface area contributed by atoms with Crippen molar-refractivity contribution in [2.45, 2.75) is 39.0 Å². The average Bonchev–Trinajstić information content (AvgIpc) is 3.28. The van der Waals surface area contributed by atoms with E-state index in [-0.39, 0.29) is 12.3 Å². The van der Waals surface area contributed by atoms with Gasteiger partial charge in [-0.1, -0.05) is 18.2 Å². The first-order valence-electron chi connectivity index (χ1n) is 10.3. The number of guanidine groups is 1. The summed E-state index contributed by atoms with van der Waals surface area (Å²) in [7, 11) is 1.64. The molecule has 0 atom stereocenters. The topological polar surface area (TPSA) is 61.8 Å². The molecule has 1 aliphatic heterocycles. The van der Waals surface area contributed by atoms with Crippen LogP contribution in [0.15, 0.2) is 41.5 Å². The first kappa shape index (κ1) is 22.7. The summed E-state index contributed by atoms with van der Waals surface area (Å²) in [4.78, 5) is 11.0. The minimum atomic E-state index is -4.38. The van der Waals surface area contributed by atoms with Gasteiger partial charge < -0.3 is 20.3 Å². The van der Waals surface area contributed by atoms with Gasteiger partial charge in [-0.3, -0.25) is 4.99 Å². The van der Waals surface area contributed by atoms with E-state index in [1.54, 1.807) is 26.1 Å². The van der Waals surface area contributed by atoms with Crippen LogP contribution in [0.1, 0.15) is 29.5 Å². The number of rotatable bonds is 7. The summed E-state index contributed by atoms with van der Waals surface area (Å²) in [5.41, 5.74) is 2.46. The first-order chi connectivity index (χ1) is 14.8. The van der Waals surface area contributed by atoms with E-state index < -0.39 is 12.8 Å². The maximum Gasteiger partial charge on any atom is 0.422 e. The van der Waals surface area contributed by atoms with Gasteiger partial charge in [0.15, 0.2) is 12.6 Å². The van der Waals surface area contributed by atoms with Crippen LogP contribution in [-0.2, 0) is 13.1 Å². The number of hydrogen-bond acceptors (Lipinski definition) is 4. The molecule has 2 aromatic rings. The number of nitrogens with one attached hydrogen (secondary N) is 2. The zero-order chi connectivity index (χ0) is 22.3. The Morgan fingerprint density at radius 3 is 2.52 bits per heavy atom. The average molecular weight is 435 g/mol. The summed E-state index contributed by atoms with van der Waals surface area (Å²) in [6.45, 7) is 3.39. The standard InChI is InChI=1S/C22H28F3N5O/c1-16-5-7-18(19(11-16)31-15-22(23,24)25)14-29-21(26-2)28-13-17-6-8-20(27-12-17)30-9-3-4-10-30/h5-8,11-12H,3-4,9-10,13-15H2,1-2H3,(H2,26,28,29). The molecule has 0 radical (unpaired) electrons. The SMILES string of the molecule is CN=C(NCc1ccc(N2CCCC2)nc1)NCc1ccc(C)cc1OCC(F)(F)F. The molecule has 6 nitrogen and oxygen atoms in total. The fraction of sp³-hybridized carbons (Fsp3) is 0.455. The zero-order valence-corrected chi connectivity index (χ0v) is 17.8. The fourth-order valence-electron chi connectivity index (χ4n) is 3.34. The maximum atomic E-state index is 12.5. The normalized spacial score (nSPS) is 14.6. The van der Waals surface area contributed by atoms with Crippen LogP contribution < -0.4 is 20.3 Å². The highest BCUT2D eigenvalue weighted by molar-refractivity contribution is 5.79. The van der Waals surface area contributed by atoms with E-state index in [0.717, 1.165) is 30.0 Å². The number of ether oxygens (including phenoxy) is 1. The summed E-state index contributed by atoms with van der Waals surface area (Å²) >= 11 is 0. The summed E-state index contributed by atoms with van der Waals surface area (Å²) < 4.78 is 42.6. The molecule has 1 aromatic heterocycles. The van der Waals surface area contributed by atoms with Crippen LogP contribution in [0.4, 0.5) is 19.0 Å². The van der Waals surface area contributed by atoms with Crippen molar-refractivity contribution in [1.29, 1.82) is 0 Å². The van der Waals surface area contributed by atoms with Crippen LogP contribution in [0.3, 0.4) is 0 Å². The Balaban J connectivity index is 1.53. The number of halogens is 3. The number of aromatic nitrogens is 1. The molecule has 1 aliphatic rings. The van der Waals surface area contributed by atoms with Gasteiger partial charge in [-0.25, -0.2) is 4.98 Å². The molecule has 3 rings (SSSR count). The van der Waals surface area contributed by atoms with Gasteiger partial charge in [0, 0.05) is 45.0 Å². The molecule has 9 heteroatoms. The van der Waals surface area contributed by atoms with Crippen molar-refractivity contribution in [2.24, 2.45) is 4.99 Å². The van der Waals surface area contributed by atoms with Crippen LogP contribution in [0.5, 0.6) is 5.75 Å². The van der Waals surface area contributed by atoms with Crippen molar-refractivity contribution < 1.29 is 17.9 Å². The minimum Gasteiger partial charge on any atom is -0.484 e. The minimum absolute atomic E-state index is 0.210. The Morgan fingerprint density at radius 2 is 1.87 bits per heavy atom. The number of aryl methyl sites for hydroxylation is 1. The molecule has 1 fully saturated rings. The first-order valence-corrected chi connectivity index (χ1v) is 10.3. The summed E-state index contributed by atoms with van der Waals surface area (Å²) in [5.74, 6) is 1.74. The maximum absolute atomic E-state index is 12.5. The van der Waals surface area contributed by atoms with Gasteiger partial charge in [0.05, 0.1) is 0 Å². The monoisotopic (exact) mass is 435 g/mol. The summed E-state index contributed by atoms with van der Waals surface area (Å²) in [5, 5.41) is 6.31. The molecular weight excluding hydrogens is 407 g/mol. The van der Waals surface area contributed by atoms with Crippen LogP contribution in [-0.4, -0.2) is 43.9 Å². The number of nitrogens with zero attached hydrogens (tertiary/aromatic N) is 3. The highest BCUT2D eigenvalue weighted by Crippen LogP contribution is 2.24. The lowest BCUT2D eigenvalue weighted by Gasteiger charge is -2.17. The van der Waals surface area contributed by atoms with Gasteiger partial charge in [-0.15, -0.1) is 0 Å². The van der Waals surface area contributed by atoms with Gasteiger partial charge >= 0.3 is 6.18 Å². The highest BCUT2D eigenvalue weighted by atomic mass is 19.4. The quantitative estimate of drug-likeness (QED) is 0.512. The second-order valence-electron chi connectivity index (χ2n) is 7.51. The molecule has 0 bridgehead atoms. The van der Waals surface area contributed by atoms with Crippen molar-refractivity contribution in [3.8, 4) is 5.75 Å². The molecule has 31 heavy (non-hydrogen) atoms. The number of benzene rings is 1. The van der Waals surface area contributed by atoms with Crippen molar-refractivity contribution >= 4 is 11.8 Å². The Bertz CT molecular complexity index is 878. The number of alkyl halides is 3. The summed E-state index contributed by atoms with van der Waals surface area (Å²) in [6, 6.07) is 9.25.